The van der Waals surface area contributed by atoms with Crippen molar-refractivity contribution < 1.29 is 9.53 Å². The number of amides is 1. The van der Waals surface area contributed by atoms with Crippen molar-refractivity contribution >= 4 is 5.91 Å². The quantitative estimate of drug-likeness (QED) is 0.758. The highest BCUT2D eigenvalue weighted by Crippen LogP contribution is 2.21. The van der Waals surface area contributed by atoms with Gasteiger partial charge in [0.25, 0.3) is 0 Å². The lowest BCUT2D eigenvalue weighted by Gasteiger charge is -2.24. The van der Waals surface area contributed by atoms with Crippen molar-refractivity contribution in [1.29, 1.82) is 0 Å². The van der Waals surface area contributed by atoms with Crippen LogP contribution in [0, 0.1) is 0 Å². The number of hydrogen-bond acceptors (Lipinski definition) is 2. The summed E-state index contributed by atoms with van der Waals surface area (Å²) in [4.78, 5) is 11.8. The molecule has 2 unspecified atom stereocenters. The minimum absolute atomic E-state index is 0.117. The summed E-state index contributed by atoms with van der Waals surface area (Å²) in [6.07, 6.45) is 8.11. The van der Waals surface area contributed by atoms with Gasteiger partial charge >= 0.3 is 0 Å². The van der Waals surface area contributed by atoms with Crippen LogP contribution >= 0.6 is 0 Å². The highest BCUT2D eigenvalue weighted by molar-refractivity contribution is 5.81. The van der Waals surface area contributed by atoms with Crippen LogP contribution in [0.25, 0.3) is 0 Å². The molecule has 3 nitrogen and oxygen atoms in total. The zero-order valence-electron chi connectivity index (χ0n) is 9.50. The number of nitrogens with one attached hydrogen (secondary N) is 1. The van der Waals surface area contributed by atoms with Crippen LogP contribution in [0.4, 0.5) is 0 Å². The maximum absolute atomic E-state index is 11.8. The molecule has 1 heterocycles. The predicted octanol–water partition coefficient (Wildman–Crippen LogP) is 2.00. The van der Waals surface area contributed by atoms with Gasteiger partial charge in [-0.3, -0.25) is 4.79 Å². The molecule has 0 aromatic rings. The Bertz CT molecular complexity index is 224. The molecule has 0 spiro atoms. The Kier molecular flexibility index (Phi) is 3.62. The summed E-state index contributed by atoms with van der Waals surface area (Å²) >= 11 is 0. The van der Waals surface area contributed by atoms with Gasteiger partial charge in [-0.05, 0) is 32.6 Å². The van der Waals surface area contributed by atoms with E-state index in [1.165, 1.54) is 19.3 Å². The summed E-state index contributed by atoms with van der Waals surface area (Å²) in [5.41, 5.74) is 0. The van der Waals surface area contributed by atoms with Crippen molar-refractivity contribution in [2.45, 2.75) is 70.1 Å². The standard InChI is InChI=1S/C12H21NO2/c1-9-7-8-11(15-9)12(14)13-10-5-3-2-4-6-10/h9-11H,2-8H2,1H3,(H,13,14). The number of rotatable bonds is 2. The first kappa shape index (κ1) is 10.9. The van der Waals surface area contributed by atoms with Crippen LogP contribution in [0.3, 0.4) is 0 Å². The van der Waals surface area contributed by atoms with E-state index < -0.39 is 0 Å². The Hall–Kier alpha value is -0.570. The molecule has 2 aliphatic rings. The fourth-order valence-electron chi connectivity index (χ4n) is 2.54. The van der Waals surface area contributed by atoms with E-state index in [0.29, 0.717) is 6.04 Å². The first-order valence-corrected chi connectivity index (χ1v) is 6.21. The molecule has 0 aromatic heterocycles. The van der Waals surface area contributed by atoms with Gasteiger partial charge in [0.15, 0.2) is 0 Å². The molecule has 0 aromatic carbocycles. The van der Waals surface area contributed by atoms with Crippen molar-refractivity contribution in [3.63, 3.8) is 0 Å². The van der Waals surface area contributed by atoms with Gasteiger partial charge in [-0.2, -0.15) is 0 Å². The Balaban J connectivity index is 1.76. The van der Waals surface area contributed by atoms with Gasteiger partial charge in [-0.15, -0.1) is 0 Å². The van der Waals surface area contributed by atoms with E-state index in [1.807, 2.05) is 6.92 Å². The molecule has 1 amide bonds. The fraction of sp³-hybridized carbons (Fsp3) is 0.917. The minimum atomic E-state index is -0.179. The van der Waals surface area contributed by atoms with Gasteiger partial charge in [-0.25, -0.2) is 0 Å². The van der Waals surface area contributed by atoms with Crippen LogP contribution in [0.2, 0.25) is 0 Å². The molecule has 0 bridgehead atoms. The summed E-state index contributed by atoms with van der Waals surface area (Å²) in [5, 5.41) is 3.12. The Morgan fingerprint density at radius 2 is 1.87 bits per heavy atom. The second-order valence-electron chi connectivity index (χ2n) is 4.86. The maximum atomic E-state index is 11.8. The molecule has 2 rings (SSSR count). The molecule has 3 heteroatoms. The number of hydrogen-bond donors (Lipinski definition) is 1. The van der Waals surface area contributed by atoms with Crippen molar-refractivity contribution in [3.8, 4) is 0 Å². The molecule has 15 heavy (non-hydrogen) atoms. The second kappa shape index (κ2) is 4.97. The van der Waals surface area contributed by atoms with Gasteiger partial charge in [-0.1, -0.05) is 19.3 Å². The van der Waals surface area contributed by atoms with Crippen LogP contribution in [0.1, 0.15) is 51.9 Å². The number of carbonyl (C=O) groups excluding carboxylic acids is 1. The average Bonchev–Trinajstić information content (AvgIpc) is 2.66. The summed E-state index contributed by atoms with van der Waals surface area (Å²) < 4.78 is 5.55. The summed E-state index contributed by atoms with van der Waals surface area (Å²) in [7, 11) is 0. The fourth-order valence-corrected chi connectivity index (χ4v) is 2.54. The molecular formula is C12H21NO2. The lowest BCUT2D eigenvalue weighted by molar-refractivity contribution is -0.132. The zero-order valence-corrected chi connectivity index (χ0v) is 9.50. The molecule has 1 aliphatic heterocycles. The largest absolute Gasteiger partial charge is 0.365 e. The third-order valence-corrected chi connectivity index (χ3v) is 3.48. The lowest BCUT2D eigenvalue weighted by atomic mass is 9.95. The zero-order chi connectivity index (χ0) is 10.7. The summed E-state index contributed by atoms with van der Waals surface area (Å²) in [5.74, 6) is 0.117. The first-order valence-electron chi connectivity index (χ1n) is 6.21. The highest BCUT2D eigenvalue weighted by Gasteiger charge is 2.29. The van der Waals surface area contributed by atoms with Gasteiger partial charge < -0.3 is 10.1 Å². The molecule has 2 fully saturated rings. The van der Waals surface area contributed by atoms with Gasteiger partial charge in [0, 0.05) is 6.04 Å². The van der Waals surface area contributed by atoms with E-state index in [9.17, 15) is 4.79 Å². The second-order valence-corrected chi connectivity index (χ2v) is 4.86. The molecule has 1 saturated heterocycles. The smallest absolute Gasteiger partial charge is 0.249 e. The Morgan fingerprint density at radius 1 is 1.13 bits per heavy atom. The molecule has 86 valence electrons. The van der Waals surface area contributed by atoms with Crippen molar-refractivity contribution in [3.05, 3.63) is 0 Å². The molecular weight excluding hydrogens is 190 g/mol. The minimum Gasteiger partial charge on any atom is -0.365 e. The van der Waals surface area contributed by atoms with E-state index in [1.54, 1.807) is 0 Å². The summed E-state index contributed by atoms with van der Waals surface area (Å²) in [6, 6.07) is 0.408. The summed E-state index contributed by atoms with van der Waals surface area (Å²) in [6.45, 7) is 2.04. The predicted molar refractivity (Wildman–Crippen MR) is 58.6 cm³/mol. The Labute approximate surface area is 91.6 Å². The van der Waals surface area contributed by atoms with Crippen LogP contribution < -0.4 is 5.32 Å². The van der Waals surface area contributed by atoms with Gasteiger partial charge in [0.1, 0.15) is 6.10 Å². The first-order chi connectivity index (χ1) is 7.25. The van der Waals surface area contributed by atoms with E-state index in [0.717, 1.165) is 25.7 Å². The maximum Gasteiger partial charge on any atom is 0.249 e. The van der Waals surface area contributed by atoms with Crippen LogP contribution in [-0.2, 0) is 9.53 Å². The SMILES string of the molecule is CC1CCC(C(=O)NC2CCCCC2)O1. The van der Waals surface area contributed by atoms with Crippen LogP contribution in [0.15, 0.2) is 0 Å². The van der Waals surface area contributed by atoms with Crippen molar-refractivity contribution in [2.24, 2.45) is 0 Å². The van der Waals surface area contributed by atoms with E-state index in [-0.39, 0.29) is 18.1 Å². The van der Waals surface area contributed by atoms with Crippen LogP contribution in [0.5, 0.6) is 0 Å². The van der Waals surface area contributed by atoms with E-state index in [4.69, 9.17) is 4.74 Å². The molecule has 1 saturated carbocycles. The monoisotopic (exact) mass is 211 g/mol. The number of ether oxygens (including phenoxy) is 1. The molecule has 2 atom stereocenters. The molecule has 1 N–H and O–H groups in total. The van der Waals surface area contributed by atoms with E-state index in [2.05, 4.69) is 5.32 Å². The normalized spacial score (nSPS) is 32.9. The van der Waals surface area contributed by atoms with E-state index >= 15 is 0 Å². The van der Waals surface area contributed by atoms with Gasteiger partial charge in [0.05, 0.1) is 6.10 Å². The number of carbonyl (C=O) groups is 1. The third-order valence-electron chi connectivity index (χ3n) is 3.48. The topological polar surface area (TPSA) is 38.3 Å². The average molecular weight is 211 g/mol. The van der Waals surface area contributed by atoms with Crippen molar-refractivity contribution in [1.82, 2.24) is 5.32 Å². The molecule has 1 aliphatic carbocycles. The molecule has 0 radical (unpaired) electrons. The highest BCUT2D eigenvalue weighted by atomic mass is 16.5. The van der Waals surface area contributed by atoms with Gasteiger partial charge in [0.2, 0.25) is 5.91 Å². The Morgan fingerprint density at radius 3 is 2.47 bits per heavy atom. The van der Waals surface area contributed by atoms with Crippen LogP contribution in [-0.4, -0.2) is 24.2 Å². The van der Waals surface area contributed by atoms with Crippen molar-refractivity contribution in [2.75, 3.05) is 0 Å². The third kappa shape index (κ3) is 2.94. The lowest BCUT2D eigenvalue weighted by Crippen LogP contribution is -2.42.